The van der Waals surface area contributed by atoms with Crippen LogP contribution in [0.5, 0.6) is 0 Å². The molecule has 6 nitrogen and oxygen atoms in total. The van der Waals surface area contributed by atoms with Crippen molar-refractivity contribution in [3.63, 3.8) is 0 Å². The van der Waals surface area contributed by atoms with Crippen molar-refractivity contribution >= 4 is 5.91 Å². The second kappa shape index (κ2) is 3.28. The molecular weight excluding hydrogens is 208 g/mol. The molecule has 2 aliphatic rings. The number of nitrogens with zero attached hydrogens (tertiary/aromatic N) is 4. The molecule has 1 saturated carbocycles. The van der Waals surface area contributed by atoms with E-state index in [2.05, 4.69) is 10.1 Å². The molecule has 16 heavy (non-hydrogen) atoms. The van der Waals surface area contributed by atoms with Crippen LogP contribution >= 0.6 is 0 Å². The average molecular weight is 222 g/mol. The molecule has 1 aromatic rings. The molecule has 0 atom stereocenters. The van der Waals surface area contributed by atoms with Gasteiger partial charge in [-0.25, -0.2) is 9.67 Å². The highest BCUT2D eigenvalue weighted by molar-refractivity contribution is 5.77. The molecule has 1 aliphatic heterocycles. The van der Waals surface area contributed by atoms with Crippen molar-refractivity contribution in [2.75, 3.05) is 13.1 Å². The zero-order chi connectivity index (χ0) is 11.2. The maximum absolute atomic E-state index is 11.7. The minimum absolute atomic E-state index is 0.00387. The van der Waals surface area contributed by atoms with Crippen LogP contribution in [-0.2, 0) is 11.3 Å². The van der Waals surface area contributed by atoms with Crippen LogP contribution in [-0.4, -0.2) is 49.4 Å². The summed E-state index contributed by atoms with van der Waals surface area (Å²) in [5.41, 5.74) is -0.599. The standard InChI is InChI=1S/C10H14N4O2/c15-9(3-14-7-11-6-12-14)13-4-10(16,5-13)8-1-2-8/h6-8,16H,1-5H2. The van der Waals surface area contributed by atoms with Crippen molar-refractivity contribution in [3.8, 4) is 0 Å². The zero-order valence-electron chi connectivity index (χ0n) is 8.91. The fourth-order valence-electron chi connectivity index (χ4n) is 2.22. The topological polar surface area (TPSA) is 71.2 Å². The van der Waals surface area contributed by atoms with Gasteiger partial charge >= 0.3 is 0 Å². The number of carbonyl (C=O) groups excluding carboxylic acids is 1. The summed E-state index contributed by atoms with van der Waals surface area (Å²) in [6.07, 6.45) is 5.12. The van der Waals surface area contributed by atoms with Gasteiger partial charge in [0.1, 0.15) is 24.8 Å². The molecule has 0 spiro atoms. The molecule has 0 bridgehead atoms. The van der Waals surface area contributed by atoms with Crippen LogP contribution in [0.15, 0.2) is 12.7 Å². The first-order valence-electron chi connectivity index (χ1n) is 5.50. The van der Waals surface area contributed by atoms with E-state index in [9.17, 15) is 9.90 Å². The molecule has 0 unspecified atom stereocenters. The molecular formula is C10H14N4O2. The molecule has 0 radical (unpaired) electrons. The lowest BCUT2D eigenvalue weighted by atomic mass is 9.89. The third kappa shape index (κ3) is 1.59. The van der Waals surface area contributed by atoms with Crippen LogP contribution in [0.2, 0.25) is 0 Å². The van der Waals surface area contributed by atoms with E-state index in [0.717, 1.165) is 12.8 Å². The van der Waals surface area contributed by atoms with Gasteiger partial charge in [-0.15, -0.1) is 0 Å². The van der Waals surface area contributed by atoms with Gasteiger partial charge in [0.2, 0.25) is 5.91 Å². The normalized spacial score (nSPS) is 22.9. The highest BCUT2D eigenvalue weighted by Crippen LogP contribution is 2.44. The zero-order valence-corrected chi connectivity index (χ0v) is 8.91. The lowest BCUT2D eigenvalue weighted by Gasteiger charge is -2.46. The molecule has 0 aromatic carbocycles. The Balaban J connectivity index is 1.54. The van der Waals surface area contributed by atoms with Gasteiger partial charge in [-0.3, -0.25) is 4.79 Å². The van der Waals surface area contributed by atoms with E-state index < -0.39 is 5.60 Å². The van der Waals surface area contributed by atoms with E-state index in [0.29, 0.717) is 19.0 Å². The van der Waals surface area contributed by atoms with E-state index >= 15 is 0 Å². The first-order chi connectivity index (χ1) is 7.67. The summed E-state index contributed by atoms with van der Waals surface area (Å²) in [6.45, 7) is 1.16. The summed E-state index contributed by atoms with van der Waals surface area (Å²) in [6, 6.07) is 0. The van der Waals surface area contributed by atoms with Gasteiger partial charge in [-0.2, -0.15) is 5.10 Å². The number of aliphatic hydroxyl groups is 1. The summed E-state index contributed by atoms with van der Waals surface area (Å²) in [5, 5.41) is 13.9. The molecule has 2 fully saturated rings. The highest BCUT2D eigenvalue weighted by Gasteiger charge is 2.53. The number of hydrogen-bond donors (Lipinski definition) is 1. The van der Waals surface area contributed by atoms with E-state index in [1.165, 1.54) is 17.3 Å². The summed E-state index contributed by atoms with van der Waals surface area (Å²) < 4.78 is 1.50. The van der Waals surface area contributed by atoms with Gasteiger partial charge in [0.15, 0.2) is 0 Å². The van der Waals surface area contributed by atoms with Gasteiger partial charge in [-0.1, -0.05) is 0 Å². The fourth-order valence-corrected chi connectivity index (χ4v) is 2.22. The summed E-state index contributed by atoms with van der Waals surface area (Å²) in [5.74, 6) is 0.416. The van der Waals surface area contributed by atoms with E-state index in [1.54, 1.807) is 4.90 Å². The Kier molecular flexibility index (Phi) is 2.00. The second-order valence-corrected chi connectivity index (χ2v) is 4.72. The van der Waals surface area contributed by atoms with Crippen molar-refractivity contribution < 1.29 is 9.90 Å². The minimum atomic E-state index is -0.599. The predicted molar refractivity (Wildman–Crippen MR) is 54.3 cm³/mol. The SMILES string of the molecule is O=C(Cn1cncn1)N1CC(O)(C2CC2)C1. The number of β-amino-alcohol motifs (C(OH)–C–C–N with tert-alkyl or cyclic N) is 1. The molecule has 2 heterocycles. The van der Waals surface area contributed by atoms with Crippen LogP contribution in [0, 0.1) is 5.92 Å². The van der Waals surface area contributed by atoms with Gasteiger partial charge in [0, 0.05) is 0 Å². The van der Waals surface area contributed by atoms with E-state index in [-0.39, 0.29) is 12.5 Å². The van der Waals surface area contributed by atoms with Gasteiger partial charge in [0.25, 0.3) is 0 Å². The second-order valence-electron chi connectivity index (χ2n) is 4.72. The Morgan fingerprint density at radius 3 is 2.81 bits per heavy atom. The molecule has 3 rings (SSSR count). The fraction of sp³-hybridized carbons (Fsp3) is 0.700. The number of aromatic nitrogens is 3. The minimum Gasteiger partial charge on any atom is -0.386 e. The Morgan fingerprint density at radius 1 is 1.50 bits per heavy atom. The third-order valence-corrected chi connectivity index (χ3v) is 3.38. The number of rotatable bonds is 3. The number of hydrogen-bond acceptors (Lipinski definition) is 4. The lowest BCUT2D eigenvalue weighted by Crippen LogP contribution is -2.65. The smallest absolute Gasteiger partial charge is 0.244 e. The molecule has 6 heteroatoms. The number of likely N-dealkylation sites (tertiary alicyclic amines) is 1. The van der Waals surface area contributed by atoms with Crippen LogP contribution < -0.4 is 0 Å². The van der Waals surface area contributed by atoms with Crippen molar-refractivity contribution in [1.29, 1.82) is 0 Å². The van der Waals surface area contributed by atoms with Crippen molar-refractivity contribution in [2.24, 2.45) is 5.92 Å². The Labute approximate surface area is 92.9 Å². The van der Waals surface area contributed by atoms with Crippen molar-refractivity contribution in [2.45, 2.75) is 25.0 Å². The van der Waals surface area contributed by atoms with Crippen LogP contribution in [0.1, 0.15) is 12.8 Å². The molecule has 1 aliphatic carbocycles. The summed E-state index contributed by atoms with van der Waals surface area (Å²) in [4.78, 5) is 17.2. The van der Waals surface area contributed by atoms with Gasteiger partial charge in [0.05, 0.1) is 13.1 Å². The Morgan fingerprint density at radius 2 is 2.25 bits per heavy atom. The van der Waals surface area contributed by atoms with Gasteiger partial charge < -0.3 is 10.0 Å². The maximum atomic E-state index is 11.7. The molecule has 1 N–H and O–H groups in total. The van der Waals surface area contributed by atoms with Gasteiger partial charge in [-0.05, 0) is 18.8 Å². The van der Waals surface area contributed by atoms with Crippen molar-refractivity contribution in [3.05, 3.63) is 12.7 Å². The van der Waals surface area contributed by atoms with Crippen molar-refractivity contribution in [1.82, 2.24) is 19.7 Å². The Bertz CT molecular complexity index is 393. The van der Waals surface area contributed by atoms with Crippen LogP contribution in [0.25, 0.3) is 0 Å². The molecule has 86 valence electrons. The first kappa shape index (κ1) is 9.77. The maximum Gasteiger partial charge on any atom is 0.244 e. The van der Waals surface area contributed by atoms with Crippen LogP contribution in [0.3, 0.4) is 0 Å². The predicted octanol–water partition coefficient (Wildman–Crippen LogP) is -0.739. The highest BCUT2D eigenvalue weighted by atomic mass is 16.3. The van der Waals surface area contributed by atoms with E-state index in [1.807, 2.05) is 0 Å². The number of carbonyl (C=O) groups is 1. The Hall–Kier alpha value is -1.43. The lowest BCUT2D eigenvalue weighted by molar-refractivity contribution is -0.160. The molecule has 1 aromatic heterocycles. The quantitative estimate of drug-likeness (QED) is 0.731. The molecule has 1 amide bonds. The largest absolute Gasteiger partial charge is 0.386 e. The number of amides is 1. The van der Waals surface area contributed by atoms with E-state index in [4.69, 9.17) is 0 Å². The third-order valence-electron chi connectivity index (χ3n) is 3.38. The monoisotopic (exact) mass is 222 g/mol. The first-order valence-corrected chi connectivity index (χ1v) is 5.50. The summed E-state index contributed by atoms with van der Waals surface area (Å²) in [7, 11) is 0. The van der Waals surface area contributed by atoms with Crippen LogP contribution in [0.4, 0.5) is 0 Å². The average Bonchev–Trinajstić information content (AvgIpc) is 2.94. The molecule has 1 saturated heterocycles. The summed E-state index contributed by atoms with van der Waals surface area (Å²) >= 11 is 0.